The highest BCUT2D eigenvalue weighted by Crippen LogP contribution is 2.30. The molecule has 0 aliphatic heterocycles. The molecule has 26 heavy (non-hydrogen) atoms. The van der Waals surface area contributed by atoms with Crippen LogP contribution in [0.3, 0.4) is 0 Å². The van der Waals surface area contributed by atoms with Gasteiger partial charge in [0.2, 0.25) is 0 Å². The van der Waals surface area contributed by atoms with E-state index >= 15 is 0 Å². The predicted octanol–water partition coefficient (Wildman–Crippen LogP) is 3.27. The lowest BCUT2D eigenvalue weighted by molar-refractivity contribution is -0.138. The van der Waals surface area contributed by atoms with Crippen molar-refractivity contribution in [2.75, 3.05) is 0 Å². The standard InChI is InChI=1S/C16H13F4NO4S/c17-12-3-1-2-4-14(12)25-15(22)9-13(21-26(23)24)10-5-7-11(8-6-10)16(18,19)20/h1-8,13,21H,9H2,(H,23,24)/p-1. The van der Waals surface area contributed by atoms with Gasteiger partial charge in [0.05, 0.1) is 18.0 Å². The number of carbonyl (C=O) groups is 1. The highest BCUT2D eigenvalue weighted by Gasteiger charge is 2.30. The molecule has 2 atom stereocenters. The highest BCUT2D eigenvalue weighted by atomic mass is 32.2. The molecule has 2 aromatic carbocycles. The van der Waals surface area contributed by atoms with Crippen molar-refractivity contribution in [3.05, 3.63) is 65.5 Å². The largest absolute Gasteiger partial charge is 0.760 e. The van der Waals surface area contributed by atoms with Crippen LogP contribution >= 0.6 is 0 Å². The summed E-state index contributed by atoms with van der Waals surface area (Å²) in [7, 11) is 0. The molecule has 0 heterocycles. The second-order valence-corrected chi connectivity index (χ2v) is 5.84. The molecule has 2 aromatic rings. The number of nitrogens with one attached hydrogen (secondary N) is 1. The van der Waals surface area contributed by atoms with Gasteiger partial charge in [0.15, 0.2) is 11.6 Å². The molecule has 0 bridgehead atoms. The van der Waals surface area contributed by atoms with Gasteiger partial charge in [-0.05, 0) is 29.8 Å². The normalized spacial score (nSPS) is 13.9. The van der Waals surface area contributed by atoms with Crippen LogP contribution in [0, 0.1) is 5.82 Å². The topological polar surface area (TPSA) is 78.5 Å². The van der Waals surface area contributed by atoms with E-state index in [1.54, 1.807) is 0 Å². The Labute approximate surface area is 148 Å². The van der Waals surface area contributed by atoms with Gasteiger partial charge in [-0.2, -0.15) is 13.2 Å². The van der Waals surface area contributed by atoms with Gasteiger partial charge in [0.1, 0.15) is 0 Å². The van der Waals surface area contributed by atoms with E-state index < -0.39 is 47.3 Å². The van der Waals surface area contributed by atoms with Gasteiger partial charge in [-0.25, -0.2) is 9.11 Å². The van der Waals surface area contributed by atoms with Crippen molar-refractivity contribution in [2.24, 2.45) is 0 Å². The third-order valence-corrected chi connectivity index (χ3v) is 3.79. The summed E-state index contributed by atoms with van der Waals surface area (Å²) in [6.45, 7) is 0. The maximum atomic E-state index is 13.5. The third-order valence-electron chi connectivity index (χ3n) is 3.31. The van der Waals surface area contributed by atoms with Crippen molar-refractivity contribution in [1.82, 2.24) is 4.72 Å². The van der Waals surface area contributed by atoms with Crippen LogP contribution in [-0.2, 0) is 22.2 Å². The molecule has 0 aliphatic rings. The van der Waals surface area contributed by atoms with Crippen molar-refractivity contribution < 1.29 is 35.9 Å². The van der Waals surface area contributed by atoms with Gasteiger partial charge in [-0.1, -0.05) is 24.3 Å². The first-order chi connectivity index (χ1) is 12.2. The summed E-state index contributed by atoms with van der Waals surface area (Å²) in [4.78, 5) is 11.9. The lowest BCUT2D eigenvalue weighted by Gasteiger charge is -2.20. The molecule has 0 radical (unpaired) electrons. The summed E-state index contributed by atoms with van der Waals surface area (Å²) in [5.74, 6) is -2.09. The fourth-order valence-corrected chi connectivity index (χ4v) is 2.56. The Hall–Kier alpha value is -2.30. The Kier molecular flexibility index (Phi) is 6.46. The number of halogens is 4. The first-order valence-corrected chi connectivity index (χ1v) is 8.22. The molecule has 10 heteroatoms. The van der Waals surface area contributed by atoms with Gasteiger partial charge in [-0.15, -0.1) is 0 Å². The van der Waals surface area contributed by atoms with E-state index in [9.17, 15) is 31.1 Å². The molecule has 0 aliphatic carbocycles. The SMILES string of the molecule is O=C(CC(NS(=O)[O-])c1ccc(C(F)(F)F)cc1)Oc1ccccc1F. The summed E-state index contributed by atoms with van der Waals surface area (Å²) in [5, 5.41) is 0. The molecule has 0 fully saturated rings. The van der Waals surface area contributed by atoms with Crippen LogP contribution in [0.4, 0.5) is 17.6 Å². The minimum atomic E-state index is -4.55. The van der Waals surface area contributed by atoms with Crippen LogP contribution in [0.25, 0.3) is 0 Å². The first kappa shape index (κ1) is 20.0. The average molecular weight is 390 g/mol. The molecule has 1 N–H and O–H groups in total. The van der Waals surface area contributed by atoms with Gasteiger partial charge < -0.3 is 9.29 Å². The van der Waals surface area contributed by atoms with Crippen molar-refractivity contribution >= 4 is 17.2 Å². The van der Waals surface area contributed by atoms with E-state index in [2.05, 4.69) is 0 Å². The van der Waals surface area contributed by atoms with Crippen molar-refractivity contribution in [3.63, 3.8) is 0 Å². The quantitative estimate of drug-likeness (QED) is 0.355. The first-order valence-electron chi connectivity index (χ1n) is 7.14. The molecule has 140 valence electrons. The van der Waals surface area contributed by atoms with Crippen LogP contribution in [0.5, 0.6) is 5.75 Å². The molecule has 0 saturated carbocycles. The summed E-state index contributed by atoms with van der Waals surface area (Å²) in [6, 6.07) is 7.55. The van der Waals surface area contributed by atoms with Crippen LogP contribution < -0.4 is 9.46 Å². The molecular formula is C16H12F4NO4S-. The van der Waals surface area contributed by atoms with Crippen molar-refractivity contribution in [3.8, 4) is 5.75 Å². The van der Waals surface area contributed by atoms with E-state index in [0.29, 0.717) is 0 Å². The van der Waals surface area contributed by atoms with E-state index in [-0.39, 0.29) is 11.3 Å². The lowest BCUT2D eigenvalue weighted by atomic mass is 10.0. The zero-order valence-electron chi connectivity index (χ0n) is 13.0. The van der Waals surface area contributed by atoms with E-state index in [4.69, 9.17) is 4.74 Å². The van der Waals surface area contributed by atoms with E-state index in [1.807, 2.05) is 4.72 Å². The molecule has 0 aromatic heterocycles. The number of hydrogen-bond acceptors (Lipinski definition) is 4. The Morgan fingerprint density at radius 1 is 1.15 bits per heavy atom. The van der Waals surface area contributed by atoms with Crippen LogP contribution in [0.1, 0.15) is 23.6 Å². The van der Waals surface area contributed by atoms with Gasteiger partial charge in [0.25, 0.3) is 0 Å². The number of carbonyl (C=O) groups excluding carboxylic acids is 1. The summed E-state index contributed by atoms with van der Waals surface area (Å²) < 4.78 is 79.9. The van der Waals surface area contributed by atoms with E-state index in [1.165, 1.54) is 18.2 Å². The fraction of sp³-hybridized carbons (Fsp3) is 0.188. The summed E-state index contributed by atoms with van der Waals surface area (Å²) in [6.07, 6.45) is -5.10. The molecule has 2 rings (SSSR count). The number of rotatable bonds is 6. The minimum absolute atomic E-state index is 0.118. The second-order valence-electron chi connectivity index (χ2n) is 5.13. The zero-order valence-corrected chi connectivity index (χ0v) is 13.8. The van der Waals surface area contributed by atoms with Crippen molar-refractivity contribution in [2.45, 2.75) is 18.6 Å². The average Bonchev–Trinajstić information content (AvgIpc) is 2.55. The summed E-state index contributed by atoms with van der Waals surface area (Å²) in [5.41, 5.74) is -0.801. The second kappa shape index (κ2) is 8.39. The van der Waals surface area contributed by atoms with Crippen LogP contribution in [0.15, 0.2) is 48.5 Å². The monoisotopic (exact) mass is 390 g/mol. The minimum Gasteiger partial charge on any atom is -0.760 e. The fourth-order valence-electron chi connectivity index (χ4n) is 2.11. The Morgan fingerprint density at radius 3 is 2.31 bits per heavy atom. The molecule has 0 saturated heterocycles. The maximum absolute atomic E-state index is 13.5. The predicted molar refractivity (Wildman–Crippen MR) is 82.9 cm³/mol. The lowest BCUT2D eigenvalue weighted by Crippen LogP contribution is -2.27. The number of ether oxygens (including phenoxy) is 1. The van der Waals surface area contributed by atoms with Gasteiger partial charge >= 0.3 is 12.1 Å². The number of benzene rings is 2. The van der Waals surface area contributed by atoms with Gasteiger partial charge in [0, 0.05) is 11.3 Å². The van der Waals surface area contributed by atoms with E-state index in [0.717, 1.165) is 30.3 Å². The van der Waals surface area contributed by atoms with Crippen molar-refractivity contribution in [1.29, 1.82) is 0 Å². The van der Waals surface area contributed by atoms with Crippen LogP contribution in [0.2, 0.25) is 0 Å². The van der Waals surface area contributed by atoms with Crippen LogP contribution in [-0.4, -0.2) is 14.7 Å². The maximum Gasteiger partial charge on any atom is 0.416 e. The molecule has 0 spiro atoms. The molecule has 5 nitrogen and oxygen atoms in total. The molecule has 2 unspecified atom stereocenters. The smallest absolute Gasteiger partial charge is 0.416 e. The third kappa shape index (κ3) is 5.61. The zero-order chi connectivity index (χ0) is 19.3. The Balaban J connectivity index is 2.15. The molecular weight excluding hydrogens is 378 g/mol. The Bertz CT molecular complexity index is 796. The highest BCUT2D eigenvalue weighted by molar-refractivity contribution is 7.77. The summed E-state index contributed by atoms with van der Waals surface area (Å²) >= 11 is -2.79. The number of hydrogen-bond donors (Lipinski definition) is 1. The Morgan fingerprint density at radius 2 is 1.77 bits per heavy atom. The van der Waals surface area contributed by atoms with Gasteiger partial charge in [-0.3, -0.25) is 9.00 Å². The number of alkyl halides is 3. The number of para-hydroxylation sites is 1. The molecule has 0 amide bonds. The number of esters is 1.